The number of aryl methyl sites for hydroxylation is 1. The Morgan fingerprint density at radius 3 is 2.65 bits per heavy atom. The van der Waals surface area contributed by atoms with Crippen molar-refractivity contribution in [1.82, 2.24) is 0 Å². The van der Waals surface area contributed by atoms with E-state index in [9.17, 15) is 0 Å². The van der Waals surface area contributed by atoms with Crippen molar-refractivity contribution >= 4 is 54.1 Å². The summed E-state index contributed by atoms with van der Waals surface area (Å²) in [6.07, 6.45) is 0. The minimum Gasteiger partial charge on any atom is -1.00 e. The molecule has 0 saturated carbocycles. The second kappa shape index (κ2) is 5.13. The van der Waals surface area contributed by atoms with Gasteiger partial charge in [-0.3, -0.25) is 0 Å². The summed E-state index contributed by atoms with van der Waals surface area (Å²) in [7, 11) is 2.13. The first kappa shape index (κ1) is 14.0. The van der Waals surface area contributed by atoms with Crippen molar-refractivity contribution in [3.8, 4) is 0 Å². The van der Waals surface area contributed by atoms with Crippen LogP contribution in [0.15, 0.2) is 48.5 Å². The number of fused-ring (bicyclic) bond motifs is 4. The van der Waals surface area contributed by atoms with Crippen molar-refractivity contribution < 1.29 is 28.5 Å². The minimum absolute atomic E-state index is 0. The second-order valence-corrected chi connectivity index (χ2v) is 6.24. The molecule has 20 heavy (non-hydrogen) atoms. The highest BCUT2D eigenvalue weighted by atomic mass is 127. The SMILES string of the molecule is C[n+]1c2ccccc2cc2sc3cc(Cl)ccc3c21.[I-]. The number of para-hydroxylation sites is 1. The first-order valence-corrected chi connectivity index (χ1v) is 7.33. The average molecular weight is 412 g/mol. The van der Waals surface area contributed by atoms with Gasteiger partial charge < -0.3 is 24.0 Å². The van der Waals surface area contributed by atoms with Crippen LogP contribution in [0.3, 0.4) is 0 Å². The minimum atomic E-state index is 0. The third kappa shape index (κ3) is 2.00. The topological polar surface area (TPSA) is 3.88 Å². The van der Waals surface area contributed by atoms with Gasteiger partial charge in [-0.15, -0.1) is 11.3 Å². The smallest absolute Gasteiger partial charge is 0.231 e. The molecule has 2 aromatic heterocycles. The summed E-state index contributed by atoms with van der Waals surface area (Å²) in [5.41, 5.74) is 2.54. The van der Waals surface area contributed by atoms with E-state index in [0.717, 1.165) is 5.02 Å². The molecule has 2 heterocycles. The lowest BCUT2D eigenvalue weighted by Gasteiger charge is -1.98. The summed E-state index contributed by atoms with van der Waals surface area (Å²) < 4.78 is 4.82. The van der Waals surface area contributed by atoms with Crippen LogP contribution in [0.25, 0.3) is 31.2 Å². The Bertz CT molecular complexity index is 945. The van der Waals surface area contributed by atoms with Crippen molar-refractivity contribution in [2.24, 2.45) is 7.05 Å². The maximum absolute atomic E-state index is 6.09. The van der Waals surface area contributed by atoms with E-state index in [-0.39, 0.29) is 24.0 Å². The third-order valence-corrected chi connectivity index (χ3v) is 4.90. The van der Waals surface area contributed by atoms with Crippen LogP contribution in [0.4, 0.5) is 0 Å². The number of rotatable bonds is 0. The van der Waals surface area contributed by atoms with Crippen LogP contribution < -0.4 is 28.5 Å². The summed E-state index contributed by atoms with van der Waals surface area (Å²) in [5.74, 6) is 0. The number of hydrogen-bond acceptors (Lipinski definition) is 1. The lowest BCUT2D eigenvalue weighted by atomic mass is 10.1. The predicted molar refractivity (Wildman–Crippen MR) is 83.0 cm³/mol. The fourth-order valence-electron chi connectivity index (χ4n) is 2.70. The fourth-order valence-corrected chi connectivity index (χ4v) is 4.16. The van der Waals surface area contributed by atoms with Crippen molar-refractivity contribution in [2.45, 2.75) is 0 Å². The zero-order valence-electron chi connectivity index (χ0n) is 10.7. The van der Waals surface area contributed by atoms with E-state index in [4.69, 9.17) is 11.6 Å². The van der Waals surface area contributed by atoms with Gasteiger partial charge in [0.2, 0.25) is 11.0 Å². The van der Waals surface area contributed by atoms with Crippen LogP contribution in [-0.4, -0.2) is 0 Å². The molecule has 0 bridgehead atoms. The maximum Gasteiger partial charge on any atom is 0.231 e. The Labute approximate surface area is 142 Å². The number of pyridine rings is 1. The highest BCUT2D eigenvalue weighted by molar-refractivity contribution is 7.25. The van der Waals surface area contributed by atoms with Gasteiger partial charge in [0.05, 0.1) is 5.39 Å². The van der Waals surface area contributed by atoms with Gasteiger partial charge in [-0.05, 0) is 30.3 Å². The number of benzene rings is 2. The monoisotopic (exact) mass is 411 g/mol. The molecule has 100 valence electrons. The average Bonchev–Trinajstić information content (AvgIpc) is 2.76. The molecular formula is C16H11ClINS. The van der Waals surface area contributed by atoms with Gasteiger partial charge in [0.1, 0.15) is 11.7 Å². The molecule has 4 rings (SSSR count). The molecule has 4 heteroatoms. The van der Waals surface area contributed by atoms with Crippen molar-refractivity contribution in [3.05, 3.63) is 53.6 Å². The Morgan fingerprint density at radius 1 is 1.00 bits per heavy atom. The normalized spacial score (nSPS) is 11.1. The van der Waals surface area contributed by atoms with E-state index in [2.05, 4.69) is 48.0 Å². The molecule has 0 saturated heterocycles. The molecular weight excluding hydrogens is 401 g/mol. The van der Waals surface area contributed by atoms with E-state index in [0.29, 0.717) is 0 Å². The summed E-state index contributed by atoms with van der Waals surface area (Å²) in [5, 5.41) is 3.35. The first-order chi connectivity index (χ1) is 9.24. The lowest BCUT2D eigenvalue weighted by molar-refractivity contribution is -0.616. The fraction of sp³-hybridized carbons (Fsp3) is 0.0625. The van der Waals surface area contributed by atoms with Gasteiger partial charge >= 0.3 is 0 Å². The van der Waals surface area contributed by atoms with Crippen LogP contribution in [0.2, 0.25) is 5.02 Å². The number of halogens is 2. The Hall–Kier alpha value is -0.910. The molecule has 0 fully saturated rings. The van der Waals surface area contributed by atoms with Gasteiger partial charge in [-0.2, -0.15) is 4.57 Å². The van der Waals surface area contributed by atoms with Crippen LogP contribution in [0.5, 0.6) is 0 Å². The molecule has 1 nitrogen and oxygen atoms in total. The zero-order chi connectivity index (χ0) is 13.0. The number of aromatic nitrogens is 1. The third-order valence-electron chi connectivity index (χ3n) is 3.57. The first-order valence-electron chi connectivity index (χ1n) is 6.13. The van der Waals surface area contributed by atoms with Crippen LogP contribution in [0.1, 0.15) is 0 Å². The van der Waals surface area contributed by atoms with E-state index in [1.165, 1.54) is 31.2 Å². The molecule has 0 spiro atoms. The molecule has 0 aliphatic carbocycles. The number of thiophene rings is 1. The van der Waals surface area contributed by atoms with Gasteiger partial charge in [0.15, 0.2) is 0 Å². The quantitative estimate of drug-likeness (QED) is 0.306. The van der Waals surface area contributed by atoms with Crippen LogP contribution in [0, 0.1) is 0 Å². The van der Waals surface area contributed by atoms with Gasteiger partial charge in [-0.25, -0.2) is 0 Å². The lowest BCUT2D eigenvalue weighted by Crippen LogP contribution is -3.00. The summed E-state index contributed by atoms with van der Waals surface area (Å²) >= 11 is 7.89. The molecule has 4 aromatic rings. The maximum atomic E-state index is 6.09. The van der Waals surface area contributed by atoms with E-state index in [1.807, 2.05) is 12.1 Å². The molecule has 0 unspecified atom stereocenters. The van der Waals surface area contributed by atoms with Gasteiger partial charge in [0, 0.05) is 21.2 Å². The van der Waals surface area contributed by atoms with Crippen molar-refractivity contribution in [3.63, 3.8) is 0 Å². The molecule has 0 aliphatic heterocycles. The van der Waals surface area contributed by atoms with E-state index >= 15 is 0 Å². The van der Waals surface area contributed by atoms with Crippen LogP contribution in [-0.2, 0) is 7.05 Å². The predicted octanol–water partition coefficient (Wildman–Crippen LogP) is 1.69. The van der Waals surface area contributed by atoms with Gasteiger partial charge in [0.25, 0.3) is 0 Å². The molecule has 0 N–H and O–H groups in total. The highest BCUT2D eigenvalue weighted by Crippen LogP contribution is 2.34. The second-order valence-electron chi connectivity index (χ2n) is 4.72. The highest BCUT2D eigenvalue weighted by Gasteiger charge is 2.17. The summed E-state index contributed by atoms with van der Waals surface area (Å²) in [4.78, 5) is 0. The Morgan fingerprint density at radius 2 is 1.80 bits per heavy atom. The largest absolute Gasteiger partial charge is 1.00 e. The molecule has 0 aliphatic rings. The number of hydrogen-bond donors (Lipinski definition) is 0. The standard InChI is InChI=1S/C16H11ClNS.HI/c1-18-13-5-3-2-4-10(13)8-15-16(18)12-7-6-11(17)9-14(12)19-15;/h2-9H,1H3;1H/q+1;/p-1. The Balaban J connectivity index is 0.00000121. The van der Waals surface area contributed by atoms with E-state index in [1.54, 1.807) is 11.3 Å². The van der Waals surface area contributed by atoms with E-state index < -0.39 is 0 Å². The van der Waals surface area contributed by atoms with Crippen molar-refractivity contribution in [1.29, 1.82) is 0 Å². The van der Waals surface area contributed by atoms with Crippen molar-refractivity contribution in [2.75, 3.05) is 0 Å². The molecule has 0 amide bonds. The zero-order valence-corrected chi connectivity index (χ0v) is 14.5. The molecule has 0 atom stereocenters. The summed E-state index contributed by atoms with van der Waals surface area (Å²) in [6.45, 7) is 0. The van der Waals surface area contributed by atoms with Gasteiger partial charge in [-0.1, -0.05) is 23.7 Å². The molecule has 0 radical (unpaired) electrons. The Kier molecular flexibility index (Phi) is 3.60. The molecule has 2 aromatic carbocycles. The summed E-state index contributed by atoms with van der Waals surface area (Å²) in [6, 6.07) is 16.9. The van der Waals surface area contributed by atoms with Crippen LogP contribution >= 0.6 is 22.9 Å². The number of nitrogens with zero attached hydrogens (tertiary/aromatic N) is 1.